The molecule has 27 heavy (non-hydrogen) atoms. The normalized spacial score (nSPS) is 15.0. The number of aromatic nitrogens is 1. The molecule has 3 aromatic rings. The molecule has 0 radical (unpaired) electrons. The first-order chi connectivity index (χ1) is 13.1. The molecule has 4 rings (SSSR count). The summed E-state index contributed by atoms with van der Waals surface area (Å²) >= 11 is 1.60. The predicted molar refractivity (Wildman–Crippen MR) is 110 cm³/mol. The van der Waals surface area contributed by atoms with Crippen LogP contribution in [0.3, 0.4) is 0 Å². The van der Waals surface area contributed by atoms with Gasteiger partial charge in [0.05, 0.1) is 16.1 Å². The number of para-hydroxylation sites is 2. The maximum Gasteiger partial charge on any atom is 0.323 e. The molecule has 1 aromatic heterocycles. The second kappa shape index (κ2) is 7.29. The number of pyridine rings is 1. The lowest BCUT2D eigenvalue weighted by atomic mass is 10.1. The SMILES string of the molecule is C[n+]1ccc(/C=C/C=C2/Sc3ccccc3N2CC(=O)O)c2ccccc21. The highest BCUT2D eigenvalue weighted by atomic mass is 32.2. The lowest BCUT2D eigenvalue weighted by molar-refractivity contribution is -0.644. The molecule has 0 unspecified atom stereocenters. The number of anilines is 1. The van der Waals surface area contributed by atoms with Crippen LogP contribution in [0.1, 0.15) is 5.56 Å². The Morgan fingerprint density at radius 2 is 1.93 bits per heavy atom. The average molecular weight is 375 g/mol. The van der Waals surface area contributed by atoms with Crippen molar-refractivity contribution in [3.8, 4) is 0 Å². The second-order valence-electron chi connectivity index (χ2n) is 6.31. The second-order valence-corrected chi connectivity index (χ2v) is 7.38. The van der Waals surface area contributed by atoms with E-state index in [-0.39, 0.29) is 6.54 Å². The standard InChI is InChI=1S/C22H18N2O2S/c1-23-14-13-16(17-8-2-3-9-18(17)23)7-6-12-21-24(15-22(25)26)19-10-4-5-11-20(19)27-21/h2-14H,15H2,1H3/p+1. The van der Waals surface area contributed by atoms with Crippen molar-refractivity contribution in [2.24, 2.45) is 7.05 Å². The maximum atomic E-state index is 11.3. The molecule has 134 valence electrons. The molecule has 2 heterocycles. The molecule has 0 atom stereocenters. The molecule has 1 aliphatic rings. The number of carboxylic acids is 1. The minimum absolute atomic E-state index is 0.0478. The molecule has 1 N–H and O–H groups in total. The monoisotopic (exact) mass is 375 g/mol. The Morgan fingerprint density at radius 1 is 1.15 bits per heavy atom. The highest BCUT2D eigenvalue weighted by Crippen LogP contribution is 2.45. The zero-order valence-corrected chi connectivity index (χ0v) is 15.7. The number of benzene rings is 2. The van der Waals surface area contributed by atoms with Gasteiger partial charge in [0.1, 0.15) is 13.6 Å². The number of hydrogen-bond acceptors (Lipinski definition) is 3. The van der Waals surface area contributed by atoms with Crippen LogP contribution in [0.2, 0.25) is 0 Å². The van der Waals surface area contributed by atoms with Crippen LogP contribution in [-0.4, -0.2) is 17.6 Å². The Morgan fingerprint density at radius 3 is 2.78 bits per heavy atom. The fourth-order valence-electron chi connectivity index (χ4n) is 3.24. The van der Waals surface area contributed by atoms with Gasteiger partial charge in [0.15, 0.2) is 6.20 Å². The summed E-state index contributed by atoms with van der Waals surface area (Å²) in [6.45, 7) is -0.0478. The molecule has 1 aliphatic heterocycles. The summed E-state index contributed by atoms with van der Waals surface area (Å²) in [4.78, 5) is 14.2. The quantitative estimate of drug-likeness (QED) is 0.694. The molecule has 0 saturated carbocycles. The fraction of sp³-hybridized carbons (Fsp3) is 0.0909. The van der Waals surface area contributed by atoms with E-state index in [9.17, 15) is 9.90 Å². The van der Waals surface area contributed by atoms with Gasteiger partial charge < -0.3 is 10.0 Å². The van der Waals surface area contributed by atoms with Crippen molar-refractivity contribution >= 4 is 40.4 Å². The summed E-state index contributed by atoms with van der Waals surface area (Å²) in [6, 6.07) is 18.3. The molecule has 0 fully saturated rings. The number of nitrogens with zero attached hydrogens (tertiary/aromatic N) is 2. The van der Waals surface area contributed by atoms with E-state index >= 15 is 0 Å². The molecule has 5 heteroatoms. The zero-order valence-electron chi connectivity index (χ0n) is 14.9. The highest BCUT2D eigenvalue weighted by Gasteiger charge is 2.25. The van der Waals surface area contributed by atoms with Crippen LogP contribution in [0.15, 0.2) is 82.9 Å². The Balaban J connectivity index is 1.66. The minimum atomic E-state index is -0.844. The van der Waals surface area contributed by atoms with E-state index in [2.05, 4.69) is 28.8 Å². The molecular formula is C22H19N2O2S+. The molecular weight excluding hydrogens is 356 g/mol. The Labute approximate surface area is 162 Å². The van der Waals surface area contributed by atoms with Gasteiger partial charge in [0.2, 0.25) is 5.52 Å². The molecule has 2 aromatic carbocycles. The third kappa shape index (κ3) is 3.46. The first kappa shape index (κ1) is 17.4. The number of allylic oxidation sites excluding steroid dienone is 2. The van der Waals surface area contributed by atoms with Gasteiger partial charge in [0, 0.05) is 17.0 Å². The van der Waals surface area contributed by atoms with Gasteiger partial charge in [-0.3, -0.25) is 4.79 Å². The number of hydrogen-bond donors (Lipinski definition) is 1. The van der Waals surface area contributed by atoms with Gasteiger partial charge in [-0.2, -0.15) is 0 Å². The van der Waals surface area contributed by atoms with E-state index in [0.717, 1.165) is 21.2 Å². The van der Waals surface area contributed by atoms with Crippen LogP contribution >= 0.6 is 11.8 Å². The van der Waals surface area contributed by atoms with Crippen LogP contribution in [0.25, 0.3) is 17.0 Å². The Kier molecular flexibility index (Phi) is 4.69. The molecule has 0 spiro atoms. The van der Waals surface area contributed by atoms with Crippen molar-refractivity contribution in [3.63, 3.8) is 0 Å². The summed E-state index contributed by atoms with van der Waals surface area (Å²) in [5.74, 6) is -0.844. The van der Waals surface area contributed by atoms with Crippen molar-refractivity contribution in [1.82, 2.24) is 0 Å². The van der Waals surface area contributed by atoms with E-state index in [1.54, 1.807) is 11.8 Å². The number of fused-ring (bicyclic) bond motifs is 2. The van der Waals surface area contributed by atoms with Crippen molar-refractivity contribution in [3.05, 3.63) is 83.5 Å². The van der Waals surface area contributed by atoms with Crippen molar-refractivity contribution < 1.29 is 14.5 Å². The molecule has 4 nitrogen and oxygen atoms in total. The van der Waals surface area contributed by atoms with Crippen molar-refractivity contribution in [1.29, 1.82) is 0 Å². The van der Waals surface area contributed by atoms with Gasteiger partial charge >= 0.3 is 5.97 Å². The number of aryl methyl sites for hydroxylation is 1. The van der Waals surface area contributed by atoms with E-state index < -0.39 is 5.97 Å². The largest absolute Gasteiger partial charge is 0.480 e. The van der Waals surface area contributed by atoms with Crippen LogP contribution in [0.4, 0.5) is 5.69 Å². The minimum Gasteiger partial charge on any atom is -0.480 e. The number of carboxylic acid groups (broad SMARTS) is 1. The molecule has 0 amide bonds. The summed E-state index contributed by atoms with van der Waals surface area (Å²) in [7, 11) is 2.04. The van der Waals surface area contributed by atoms with Crippen LogP contribution in [0.5, 0.6) is 0 Å². The summed E-state index contributed by atoms with van der Waals surface area (Å²) < 4.78 is 2.10. The third-order valence-electron chi connectivity index (χ3n) is 4.52. The molecule has 0 aliphatic carbocycles. The summed E-state index contributed by atoms with van der Waals surface area (Å²) in [6.07, 6.45) is 8.09. The highest BCUT2D eigenvalue weighted by molar-refractivity contribution is 8.03. The van der Waals surface area contributed by atoms with Gasteiger partial charge in [0.25, 0.3) is 0 Å². The van der Waals surface area contributed by atoms with Gasteiger partial charge in [-0.05, 0) is 29.8 Å². The number of rotatable bonds is 4. The van der Waals surface area contributed by atoms with E-state index in [0.29, 0.717) is 0 Å². The zero-order chi connectivity index (χ0) is 18.8. The maximum absolute atomic E-state index is 11.3. The van der Waals surface area contributed by atoms with Crippen LogP contribution < -0.4 is 9.47 Å². The van der Waals surface area contributed by atoms with Gasteiger partial charge in [-0.1, -0.05) is 48.2 Å². The van der Waals surface area contributed by atoms with E-state index in [1.165, 1.54) is 10.9 Å². The first-order valence-electron chi connectivity index (χ1n) is 8.65. The smallest absolute Gasteiger partial charge is 0.323 e. The number of thioether (sulfide) groups is 1. The number of carbonyl (C=O) groups is 1. The van der Waals surface area contributed by atoms with E-state index in [1.807, 2.05) is 66.7 Å². The predicted octanol–water partition coefficient (Wildman–Crippen LogP) is 4.22. The Bertz CT molecular complexity index is 1090. The van der Waals surface area contributed by atoms with Crippen LogP contribution in [-0.2, 0) is 11.8 Å². The van der Waals surface area contributed by atoms with Crippen molar-refractivity contribution in [2.75, 3.05) is 11.4 Å². The lowest BCUT2D eigenvalue weighted by Gasteiger charge is -2.17. The summed E-state index contributed by atoms with van der Waals surface area (Å²) in [5, 5.41) is 11.4. The molecule has 0 bridgehead atoms. The van der Waals surface area contributed by atoms with Gasteiger partial charge in [-0.25, -0.2) is 4.57 Å². The number of aliphatic carboxylic acids is 1. The van der Waals surface area contributed by atoms with Gasteiger partial charge in [-0.15, -0.1) is 0 Å². The van der Waals surface area contributed by atoms with E-state index in [4.69, 9.17) is 0 Å². The molecule has 0 saturated heterocycles. The average Bonchev–Trinajstić information content (AvgIpc) is 3.01. The third-order valence-corrected chi connectivity index (χ3v) is 5.65. The topological polar surface area (TPSA) is 44.4 Å². The van der Waals surface area contributed by atoms with Crippen LogP contribution in [0, 0.1) is 0 Å². The fourth-order valence-corrected chi connectivity index (χ4v) is 4.32. The summed E-state index contributed by atoms with van der Waals surface area (Å²) in [5.41, 5.74) is 3.25. The van der Waals surface area contributed by atoms with Crippen molar-refractivity contribution in [2.45, 2.75) is 4.90 Å². The lowest BCUT2D eigenvalue weighted by Crippen LogP contribution is -2.28. The Hall–Kier alpha value is -3.05. The first-order valence-corrected chi connectivity index (χ1v) is 9.47.